The van der Waals surface area contributed by atoms with Crippen molar-refractivity contribution in [3.05, 3.63) is 48.0 Å². The Labute approximate surface area is 124 Å². The fraction of sp³-hybridized carbons (Fsp3) is 0.412. The lowest BCUT2D eigenvalue weighted by Crippen LogP contribution is -2.19. The van der Waals surface area contributed by atoms with E-state index in [9.17, 15) is 0 Å². The van der Waals surface area contributed by atoms with Gasteiger partial charge >= 0.3 is 0 Å². The molecule has 0 spiro atoms. The second-order valence-corrected chi connectivity index (χ2v) is 6.76. The highest BCUT2D eigenvalue weighted by Crippen LogP contribution is 2.62. The molecule has 1 aliphatic heterocycles. The van der Waals surface area contributed by atoms with Crippen molar-refractivity contribution >= 4 is 11.4 Å². The predicted octanol–water partition coefficient (Wildman–Crippen LogP) is 2.84. The molecule has 1 fully saturated rings. The summed E-state index contributed by atoms with van der Waals surface area (Å²) in [5.74, 6) is 0.932. The number of aromatic nitrogens is 2. The van der Waals surface area contributed by atoms with Gasteiger partial charge in [0.15, 0.2) is 0 Å². The number of hydrogen-bond donors (Lipinski definition) is 0. The summed E-state index contributed by atoms with van der Waals surface area (Å²) in [5, 5.41) is 9.20. The molecule has 0 amide bonds. The molecule has 2 aromatic heterocycles. The standard InChI is InChI=1S/C17H20N4/c1-17(2)13-14(17)16(12-8-6-10-21(12)4)19-18-15(13)11-7-5-9-20(11)3/h5-10,13-14H,1-4H3/t13-,14+. The van der Waals surface area contributed by atoms with Gasteiger partial charge in [0, 0.05) is 38.3 Å². The summed E-state index contributed by atoms with van der Waals surface area (Å²) in [4.78, 5) is 0. The topological polar surface area (TPSA) is 34.6 Å². The molecule has 0 unspecified atom stereocenters. The summed E-state index contributed by atoms with van der Waals surface area (Å²) in [6.45, 7) is 4.65. The van der Waals surface area contributed by atoms with E-state index in [4.69, 9.17) is 0 Å². The first-order valence-corrected chi connectivity index (χ1v) is 7.40. The minimum Gasteiger partial charge on any atom is -0.350 e. The summed E-state index contributed by atoms with van der Waals surface area (Å²) >= 11 is 0. The maximum atomic E-state index is 4.60. The van der Waals surface area contributed by atoms with Crippen LogP contribution in [-0.2, 0) is 14.1 Å². The molecule has 1 saturated carbocycles. The summed E-state index contributed by atoms with van der Waals surface area (Å²) in [6.07, 6.45) is 4.14. The van der Waals surface area contributed by atoms with Gasteiger partial charge < -0.3 is 9.13 Å². The number of fused-ring (bicyclic) bond motifs is 1. The molecule has 0 aromatic carbocycles. The van der Waals surface area contributed by atoms with E-state index in [0.717, 1.165) is 11.4 Å². The SMILES string of the molecule is Cn1cccc1C1=NN=C(c2cccn2C)[C@H]2[C@@H]1C2(C)C. The Kier molecular flexibility index (Phi) is 2.39. The quantitative estimate of drug-likeness (QED) is 0.811. The van der Waals surface area contributed by atoms with Crippen LogP contribution < -0.4 is 0 Å². The third-order valence-corrected chi connectivity index (χ3v) is 5.09. The van der Waals surface area contributed by atoms with E-state index < -0.39 is 0 Å². The van der Waals surface area contributed by atoms with E-state index in [1.54, 1.807) is 0 Å². The van der Waals surface area contributed by atoms with Crippen LogP contribution in [0, 0.1) is 17.3 Å². The highest BCUT2D eigenvalue weighted by molar-refractivity contribution is 6.15. The monoisotopic (exact) mass is 280 g/mol. The molecular formula is C17H20N4. The van der Waals surface area contributed by atoms with Crippen molar-refractivity contribution in [3.63, 3.8) is 0 Å². The first-order chi connectivity index (χ1) is 10.0. The van der Waals surface area contributed by atoms with Gasteiger partial charge in [-0.15, -0.1) is 0 Å². The number of aryl methyl sites for hydroxylation is 2. The third-order valence-electron chi connectivity index (χ3n) is 5.09. The van der Waals surface area contributed by atoms with E-state index in [-0.39, 0.29) is 5.41 Å². The zero-order chi connectivity index (χ0) is 14.8. The van der Waals surface area contributed by atoms with Crippen LogP contribution >= 0.6 is 0 Å². The molecule has 0 N–H and O–H groups in total. The maximum absolute atomic E-state index is 4.60. The number of rotatable bonds is 2. The van der Waals surface area contributed by atoms with Gasteiger partial charge in [0.25, 0.3) is 0 Å². The van der Waals surface area contributed by atoms with Crippen LogP contribution in [0.3, 0.4) is 0 Å². The van der Waals surface area contributed by atoms with Crippen LogP contribution in [0.25, 0.3) is 0 Å². The molecule has 2 atom stereocenters. The van der Waals surface area contributed by atoms with E-state index in [1.807, 2.05) is 0 Å². The first-order valence-electron chi connectivity index (χ1n) is 7.40. The van der Waals surface area contributed by atoms with Gasteiger partial charge in [0.2, 0.25) is 0 Å². The van der Waals surface area contributed by atoms with Crippen LogP contribution in [0.4, 0.5) is 0 Å². The predicted molar refractivity (Wildman–Crippen MR) is 84.7 cm³/mol. The van der Waals surface area contributed by atoms with E-state index >= 15 is 0 Å². The van der Waals surface area contributed by atoms with Gasteiger partial charge in [-0.25, -0.2) is 0 Å². The summed E-state index contributed by atoms with van der Waals surface area (Å²) in [7, 11) is 4.14. The van der Waals surface area contributed by atoms with Crippen molar-refractivity contribution in [2.75, 3.05) is 0 Å². The minimum absolute atomic E-state index is 0.225. The van der Waals surface area contributed by atoms with Gasteiger partial charge in [-0.05, 0) is 29.7 Å². The van der Waals surface area contributed by atoms with Crippen molar-refractivity contribution < 1.29 is 0 Å². The number of hydrogen-bond acceptors (Lipinski definition) is 2. The molecule has 0 bridgehead atoms. The van der Waals surface area contributed by atoms with Crippen LogP contribution in [0.5, 0.6) is 0 Å². The average Bonchev–Trinajstić information content (AvgIpc) is 2.83. The Morgan fingerprint density at radius 2 is 1.29 bits per heavy atom. The normalized spacial score (nSPS) is 26.1. The summed E-state index contributed by atoms with van der Waals surface area (Å²) < 4.78 is 4.26. The Morgan fingerprint density at radius 3 is 1.62 bits per heavy atom. The Balaban J connectivity index is 1.84. The third kappa shape index (κ3) is 1.62. The van der Waals surface area contributed by atoms with Crippen LogP contribution in [-0.4, -0.2) is 20.6 Å². The van der Waals surface area contributed by atoms with E-state index in [1.165, 1.54) is 11.4 Å². The molecule has 4 nitrogen and oxygen atoms in total. The molecule has 4 heteroatoms. The van der Waals surface area contributed by atoms with Gasteiger partial charge in [-0.3, -0.25) is 0 Å². The second-order valence-electron chi connectivity index (χ2n) is 6.76. The molecule has 0 saturated heterocycles. The highest BCUT2D eigenvalue weighted by atomic mass is 15.3. The van der Waals surface area contributed by atoms with Gasteiger partial charge in [-0.2, -0.15) is 10.2 Å². The van der Waals surface area contributed by atoms with Crippen molar-refractivity contribution in [2.24, 2.45) is 41.5 Å². The second kappa shape index (κ2) is 3.97. The summed E-state index contributed by atoms with van der Waals surface area (Å²) in [5.41, 5.74) is 4.87. The molecule has 0 radical (unpaired) electrons. The molecule has 1 aliphatic carbocycles. The lowest BCUT2D eigenvalue weighted by atomic mass is 10.0. The average molecular weight is 280 g/mol. The van der Waals surface area contributed by atoms with E-state index in [2.05, 4.69) is 83.9 Å². The minimum atomic E-state index is 0.225. The maximum Gasteiger partial charge on any atom is 0.0910 e. The zero-order valence-electron chi connectivity index (χ0n) is 12.9. The zero-order valence-corrected chi connectivity index (χ0v) is 12.9. The van der Waals surface area contributed by atoms with Crippen molar-refractivity contribution in [1.29, 1.82) is 0 Å². The lowest BCUT2D eigenvalue weighted by molar-refractivity contribution is 0.602. The van der Waals surface area contributed by atoms with Crippen LogP contribution in [0.2, 0.25) is 0 Å². The van der Waals surface area contributed by atoms with E-state index in [0.29, 0.717) is 11.8 Å². The van der Waals surface area contributed by atoms with Crippen LogP contribution in [0.1, 0.15) is 25.2 Å². The fourth-order valence-electron chi connectivity index (χ4n) is 3.77. The fourth-order valence-corrected chi connectivity index (χ4v) is 3.77. The largest absolute Gasteiger partial charge is 0.350 e. The number of nitrogens with zero attached hydrogens (tertiary/aromatic N) is 4. The van der Waals surface area contributed by atoms with Crippen molar-refractivity contribution in [1.82, 2.24) is 9.13 Å². The Morgan fingerprint density at radius 1 is 0.857 bits per heavy atom. The van der Waals surface area contributed by atoms with Gasteiger partial charge in [0.1, 0.15) is 0 Å². The molecule has 108 valence electrons. The molecule has 2 aromatic rings. The molecular weight excluding hydrogens is 260 g/mol. The molecule has 4 rings (SSSR count). The highest BCUT2D eigenvalue weighted by Gasteiger charge is 2.64. The Hall–Kier alpha value is -2.10. The van der Waals surface area contributed by atoms with Crippen molar-refractivity contribution in [3.8, 4) is 0 Å². The smallest absolute Gasteiger partial charge is 0.0910 e. The van der Waals surface area contributed by atoms with Crippen LogP contribution in [0.15, 0.2) is 46.9 Å². The van der Waals surface area contributed by atoms with Crippen molar-refractivity contribution in [2.45, 2.75) is 13.8 Å². The van der Waals surface area contributed by atoms with Gasteiger partial charge in [0.05, 0.1) is 22.8 Å². The molecule has 21 heavy (non-hydrogen) atoms. The molecule has 2 aliphatic rings. The first kappa shape index (κ1) is 12.6. The lowest BCUT2D eigenvalue weighted by Gasteiger charge is -2.13. The van der Waals surface area contributed by atoms with Gasteiger partial charge in [-0.1, -0.05) is 13.8 Å². The summed E-state index contributed by atoms with van der Waals surface area (Å²) in [6, 6.07) is 8.40. The molecule has 3 heterocycles. The Bertz CT molecular complexity index is 708.